The minimum Gasteiger partial charge on any atom is -0.357 e. The SMILES string of the molecule is CC(C(=O)NC1CC1)N1CCN(C(=O)c2ccc[nH]2)CC1. The van der Waals surface area contributed by atoms with Crippen LogP contribution in [0.2, 0.25) is 0 Å². The second-order valence-corrected chi connectivity index (χ2v) is 5.87. The van der Waals surface area contributed by atoms with Crippen molar-refractivity contribution in [1.29, 1.82) is 0 Å². The number of nitrogens with one attached hydrogen (secondary N) is 2. The van der Waals surface area contributed by atoms with Gasteiger partial charge in [0.1, 0.15) is 5.69 Å². The van der Waals surface area contributed by atoms with Crippen LogP contribution >= 0.6 is 0 Å². The number of carbonyl (C=O) groups excluding carboxylic acids is 2. The smallest absolute Gasteiger partial charge is 0.270 e. The zero-order chi connectivity index (χ0) is 14.8. The lowest BCUT2D eigenvalue weighted by Gasteiger charge is -2.37. The largest absolute Gasteiger partial charge is 0.357 e. The molecule has 2 aliphatic rings. The highest BCUT2D eigenvalue weighted by atomic mass is 16.2. The number of hydrogen-bond donors (Lipinski definition) is 2. The Morgan fingerprint density at radius 1 is 1.29 bits per heavy atom. The number of carbonyl (C=O) groups is 2. The van der Waals surface area contributed by atoms with E-state index in [2.05, 4.69) is 15.2 Å². The van der Waals surface area contributed by atoms with Crippen molar-refractivity contribution in [3.8, 4) is 0 Å². The number of aromatic nitrogens is 1. The Bertz CT molecular complexity index is 502. The van der Waals surface area contributed by atoms with Crippen molar-refractivity contribution in [2.24, 2.45) is 0 Å². The lowest BCUT2D eigenvalue weighted by atomic mass is 10.2. The average Bonchev–Trinajstić information content (AvgIpc) is 3.15. The van der Waals surface area contributed by atoms with Gasteiger partial charge in [0.05, 0.1) is 6.04 Å². The molecule has 0 aromatic carbocycles. The van der Waals surface area contributed by atoms with Gasteiger partial charge in [-0.05, 0) is 31.9 Å². The Hall–Kier alpha value is -1.82. The molecule has 1 atom stereocenters. The fraction of sp³-hybridized carbons (Fsp3) is 0.600. The standard InChI is InChI=1S/C15H22N4O2/c1-11(14(20)17-12-4-5-12)18-7-9-19(10-8-18)15(21)13-3-2-6-16-13/h2-3,6,11-12,16H,4-5,7-10H2,1H3,(H,17,20). The fourth-order valence-electron chi connectivity index (χ4n) is 2.66. The minimum absolute atomic E-state index is 0.0368. The Morgan fingerprint density at radius 3 is 2.57 bits per heavy atom. The molecule has 2 heterocycles. The summed E-state index contributed by atoms with van der Waals surface area (Å²) in [6.07, 6.45) is 3.97. The first-order valence-corrected chi connectivity index (χ1v) is 7.62. The van der Waals surface area contributed by atoms with E-state index in [0.29, 0.717) is 24.8 Å². The number of piperazine rings is 1. The molecule has 6 heteroatoms. The molecule has 1 unspecified atom stereocenters. The first-order valence-electron chi connectivity index (χ1n) is 7.62. The van der Waals surface area contributed by atoms with E-state index < -0.39 is 0 Å². The van der Waals surface area contributed by atoms with E-state index in [9.17, 15) is 9.59 Å². The molecule has 1 aliphatic carbocycles. The van der Waals surface area contributed by atoms with E-state index in [-0.39, 0.29) is 17.9 Å². The summed E-state index contributed by atoms with van der Waals surface area (Å²) in [5.74, 6) is 0.149. The quantitative estimate of drug-likeness (QED) is 0.845. The van der Waals surface area contributed by atoms with Crippen molar-refractivity contribution in [2.45, 2.75) is 31.8 Å². The second kappa shape index (κ2) is 5.89. The van der Waals surface area contributed by atoms with Crippen molar-refractivity contribution in [2.75, 3.05) is 26.2 Å². The summed E-state index contributed by atoms with van der Waals surface area (Å²) in [4.78, 5) is 31.2. The van der Waals surface area contributed by atoms with Gasteiger partial charge in [-0.1, -0.05) is 0 Å². The van der Waals surface area contributed by atoms with Crippen LogP contribution in [0.5, 0.6) is 0 Å². The van der Waals surface area contributed by atoms with Crippen LogP contribution in [0, 0.1) is 0 Å². The zero-order valence-electron chi connectivity index (χ0n) is 12.3. The maximum atomic E-state index is 12.2. The number of H-pyrrole nitrogens is 1. The van der Waals surface area contributed by atoms with Gasteiger partial charge in [0.25, 0.3) is 5.91 Å². The molecule has 114 valence electrons. The highest BCUT2D eigenvalue weighted by Gasteiger charge is 2.31. The van der Waals surface area contributed by atoms with Gasteiger partial charge in [-0.2, -0.15) is 0 Å². The molecule has 21 heavy (non-hydrogen) atoms. The van der Waals surface area contributed by atoms with Gasteiger partial charge < -0.3 is 15.2 Å². The zero-order valence-corrected chi connectivity index (χ0v) is 12.3. The van der Waals surface area contributed by atoms with Crippen molar-refractivity contribution < 1.29 is 9.59 Å². The number of hydrogen-bond acceptors (Lipinski definition) is 3. The van der Waals surface area contributed by atoms with Crippen LogP contribution in [0.25, 0.3) is 0 Å². The molecular weight excluding hydrogens is 268 g/mol. The third kappa shape index (κ3) is 3.26. The highest BCUT2D eigenvalue weighted by molar-refractivity contribution is 5.92. The Kier molecular flexibility index (Phi) is 3.96. The summed E-state index contributed by atoms with van der Waals surface area (Å²) in [6.45, 7) is 4.76. The van der Waals surface area contributed by atoms with Crippen molar-refractivity contribution in [1.82, 2.24) is 20.1 Å². The van der Waals surface area contributed by atoms with Crippen LogP contribution in [0.1, 0.15) is 30.3 Å². The molecule has 2 N–H and O–H groups in total. The van der Waals surface area contributed by atoms with E-state index in [0.717, 1.165) is 25.9 Å². The topological polar surface area (TPSA) is 68.4 Å². The van der Waals surface area contributed by atoms with Gasteiger partial charge in [0.15, 0.2) is 0 Å². The molecule has 0 spiro atoms. The molecule has 0 radical (unpaired) electrons. The monoisotopic (exact) mass is 290 g/mol. The first kappa shape index (κ1) is 14.1. The van der Waals surface area contributed by atoms with Crippen LogP contribution in [0.15, 0.2) is 18.3 Å². The van der Waals surface area contributed by atoms with Crippen molar-refractivity contribution in [3.63, 3.8) is 0 Å². The predicted molar refractivity (Wildman–Crippen MR) is 78.9 cm³/mol. The van der Waals surface area contributed by atoms with Crippen LogP contribution < -0.4 is 5.32 Å². The summed E-state index contributed by atoms with van der Waals surface area (Å²) in [7, 11) is 0. The van der Waals surface area contributed by atoms with Crippen molar-refractivity contribution >= 4 is 11.8 Å². The maximum Gasteiger partial charge on any atom is 0.270 e. The number of rotatable bonds is 4. The normalized spacial score (nSPS) is 21.1. The van der Waals surface area contributed by atoms with Gasteiger partial charge in [-0.15, -0.1) is 0 Å². The van der Waals surface area contributed by atoms with Gasteiger partial charge >= 0.3 is 0 Å². The molecule has 1 saturated carbocycles. The van der Waals surface area contributed by atoms with Crippen LogP contribution in [0.4, 0.5) is 0 Å². The number of aromatic amines is 1. The third-order valence-electron chi connectivity index (χ3n) is 4.28. The predicted octanol–water partition coefficient (Wildman–Crippen LogP) is 0.440. The number of nitrogens with zero attached hydrogens (tertiary/aromatic N) is 2. The molecule has 0 bridgehead atoms. The van der Waals surface area contributed by atoms with Gasteiger partial charge in [-0.25, -0.2) is 0 Å². The summed E-state index contributed by atoms with van der Waals surface area (Å²) in [5, 5.41) is 3.04. The van der Waals surface area contributed by atoms with E-state index in [1.807, 2.05) is 17.9 Å². The molecule has 2 amide bonds. The Balaban J connectivity index is 1.50. The van der Waals surface area contributed by atoms with Gasteiger partial charge in [0, 0.05) is 38.4 Å². The summed E-state index contributed by atoms with van der Waals surface area (Å²) >= 11 is 0. The molecule has 1 aliphatic heterocycles. The van der Waals surface area contributed by atoms with E-state index >= 15 is 0 Å². The lowest BCUT2D eigenvalue weighted by molar-refractivity contribution is -0.126. The van der Waals surface area contributed by atoms with Crippen LogP contribution in [0.3, 0.4) is 0 Å². The fourth-order valence-corrected chi connectivity index (χ4v) is 2.66. The first-order chi connectivity index (χ1) is 10.1. The van der Waals surface area contributed by atoms with Crippen molar-refractivity contribution in [3.05, 3.63) is 24.0 Å². The molecule has 2 fully saturated rings. The summed E-state index contributed by atoms with van der Waals surface area (Å²) in [5.41, 5.74) is 0.628. The van der Waals surface area contributed by atoms with Crippen LogP contribution in [-0.2, 0) is 4.79 Å². The Morgan fingerprint density at radius 2 is 2.00 bits per heavy atom. The molecule has 1 aromatic heterocycles. The maximum absolute atomic E-state index is 12.2. The minimum atomic E-state index is -0.117. The lowest BCUT2D eigenvalue weighted by Crippen LogP contribution is -2.55. The number of amides is 2. The van der Waals surface area contributed by atoms with E-state index in [4.69, 9.17) is 0 Å². The van der Waals surface area contributed by atoms with E-state index in [1.54, 1.807) is 12.3 Å². The Labute approximate surface area is 124 Å². The van der Waals surface area contributed by atoms with Gasteiger partial charge in [0.2, 0.25) is 5.91 Å². The summed E-state index contributed by atoms with van der Waals surface area (Å²) < 4.78 is 0. The third-order valence-corrected chi connectivity index (χ3v) is 4.28. The molecule has 1 aromatic rings. The van der Waals surface area contributed by atoms with Crippen LogP contribution in [-0.4, -0.2) is 64.9 Å². The average molecular weight is 290 g/mol. The summed E-state index contributed by atoms with van der Waals surface area (Å²) in [6, 6.07) is 3.90. The molecule has 3 rings (SSSR count). The van der Waals surface area contributed by atoms with Gasteiger partial charge in [-0.3, -0.25) is 14.5 Å². The van der Waals surface area contributed by atoms with E-state index in [1.165, 1.54) is 0 Å². The molecule has 6 nitrogen and oxygen atoms in total. The molecular formula is C15H22N4O2. The highest BCUT2D eigenvalue weighted by Crippen LogP contribution is 2.19. The molecule has 1 saturated heterocycles. The second-order valence-electron chi connectivity index (χ2n) is 5.87.